The van der Waals surface area contributed by atoms with Crippen LogP contribution in [0.15, 0.2) is 60.8 Å². The highest BCUT2D eigenvalue weighted by molar-refractivity contribution is 6.04. The first-order chi connectivity index (χ1) is 11.0. The maximum atomic E-state index is 14.5. The van der Waals surface area contributed by atoms with Crippen LogP contribution in [0.5, 0.6) is 0 Å². The number of aromatic nitrogens is 1. The van der Waals surface area contributed by atoms with Crippen LogP contribution in [-0.2, 0) is 17.2 Å². The number of esters is 1. The molecule has 3 rings (SSSR count). The third-order valence-corrected chi connectivity index (χ3v) is 3.76. The number of methoxy groups -OCH3 is 1. The largest absolute Gasteiger partial charge is 0.465 e. The third-order valence-electron chi connectivity index (χ3n) is 3.76. The number of carbonyl (C=O) groups excluding carboxylic acids is 1. The second kappa shape index (κ2) is 5.83. The number of carbonyl (C=O) groups is 1. The van der Waals surface area contributed by atoms with E-state index in [1.807, 2.05) is 0 Å². The van der Waals surface area contributed by atoms with E-state index < -0.39 is 18.4 Å². The average molecular weight is 315 g/mol. The van der Waals surface area contributed by atoms with Crippen molar-refractivity contribution in [1.29, 1.82) is 0 Å². The molecule has 0 saturated carbocycles. The Balaban J connectivity index is 2.05. The molecule has 3 nitrogen and oxygen atoms in total. The lowest BCUT2D eigenvalue weighted by Crippen LogP contribution is -2.21. The summed E-state index contributed by atoms with van der Waals surface area (Å²) in [6, 6.07) is 14.6. The van der Waals surface area contributed by atoms with Gasteiger partial charge < -0.3 is 9.30 Å². The highest BCUT2D eigenvalue weighted by Crippen LogP contribution is 2.32. The van der Waals surface area contributed by atoms with Crippen molar-refractivity contribution in [2.45, 2.75) is 12.5 Å². The summed E-state index contributed by atoms with van der Waals surface area (Å²) in [7, 11) is 1.27. The standard InChI is InChI=1S/C18H15F2NO2/c1-23-17(22)15-11-21(16-10-6-5-9-14(15)16)12-18(19,20)13-7-3-2-4-8-13/h2-11H,12H2,1H3. The van der Waals surface area contributed by atoms with Gasteiger partial charge in [0.15, 0.2) is 0 Å². The van der Waals surface area contributed by atoms with Gasteiger partial charge in [0.25, 0.3) is 5.92 Å². The molecule has 0 aliphatic rings. The van der Waals surface area contributed by atoms with E-state index in [1.54, 1.807) is 42.5 Å². The smallest absolute Gasteiger partial charge is 0.340 e. The third kappa shape index (κ3) is 2.82. The number of hydrogen-bond donors (Lipinski definition) is 0. The van der Waals surface area contributed by atoms with Crippen LogP contribution >= 0.6 is 0 Å². The molecule has 0 fully saturated rings. The molecule has 5 heteroatoms. The zero-order valence-electron chi connectivity index (χ0n) is 12.5. The summed E-state index contributed by atoms with van der Waals surface area (Å²) in [5.74, 6) is -3.58. The SMILES string of the molecule is COC(=O)c1cn(CC(F)(F)c2ccccc2)c2ccccc12. The van der Waals surface area contributed by atoms with Crippen molar-refractivity contribution < 1.29 is 18.3 Å². The van der Waals surface area contributed by atoms with Crippen LogP contribution in [0.4, 0.5) is 8.78 Å². The quantitative estimate of drug-likeness (QED) is 0.675. The van der Waals surface area contributed by atoms with Gasteiger partial charge in [-0.2, -0.15) is 8.78 Å². The highest BCUT2D eigenvalue weighted by atomic mass is 19.3. The molecular weight excluding hydrogens is 300 g/mol. The first-order valence-corrected chi connectivity index (χ1v) is 7.12. The number of para-hydroxylation sites is 1. The van der Waals surface area contributed by atoms with E-state index in [0.717, 1.165) is 0 Å². The van der Waals surface area contributed by atoms with Crippen LogP contribution in [0.2, 0.25) is 0 Å². The van der Waals surface area contributed by atoms with E-state index in [-0.39, 0.29) is 11.1 Å². The number of alkyl halides is 2. The molecule has 3 aromatic rings. The number of ether oxygens (including phenoxy) is 1. The number of rotatable bonds is 4. The molecule has 0 atom stereocenters. The second-order valence-electron chi connectivity index (χ2n) is 5.25. The topological polar surface area (TPSA) is 31.2 Å². The van der Waals surface area contributed by atoms with Crippen LogP contribution in [0.3, 0.4) is 0 Å². The van der Waals surface area contributed by atoms with Gasteiger partial charge in [-0.25, -0.2) is 4.79 Å². The number of benzene rings is 2. The van der Waals surface area contributed by atoms with Gasteiger partial charge in [0.05, 0.1) is 19.2 Å². The van der Waals surface area contributed by atoms with Crippen LogP contribution in [0.25, 0.3) is 10.9 Å². The van der Waals surface area contributed by atoms with Crippen molar-refractivity contribution >= 4 is 16.9 Å². The van der Waals surface area contributed by atoms with Crippen molar-refractivity contribution in [2.75, 3.05) is 7.11 Å². The van der Waals surface area contributed by atoms with Crippen molar-refractivity contribution in [3.05, 3.63) is 71.9 Å². The molecule has 1 aromatic heterocycles. The van der Waals surface area contributed by atoms with Gasteiger partial charge in [-0.1, -0.05) is 48.5 Å². The molecule has 1 heterocycles. The molecule has 0 aliphatic carbocycles. The lowest BCUT2D eigenvalue weighted by atomic mass is 10.1. The van der Waals surface area contributed by atoms with Crippen molar-refractivity contribution in [1.82, 2.24) is 4.57 Å². The van der Waals surface area contributed by atoms with Crippen LogP contribution in [0.1, 0.15) is 15.9 Å². The fraction of sp³-hybridized carbons (Fsp3) is 0.167. The Hall–Kier alpha value is -2.69. The Kier molecular flexibility index (Phi) is 3.86. The molecule has 0 radical (unpaired) electrons. The fourth-order valence-corrected chi connectivity index (χ4v) is 2.64. The van der Waals surface area contributed by atoms with Gasteiger partial charge in [0, 0.05) is 22.7 Å². The van der Waals surface area contributed by atoms with Gasteiger partial charge in [0.1, 0.15) is 0 Å². The lowest BCUT2D eigenvalue weighted by molar-refractivity contribution is -0.0211. The predicted octanol–water partition coefficient (Wildman–Crippen LogP) is 4.22. The Labute approximate surface area is 132 Å². The van der Waals surface area contributed by atoms with E-state index >= 15 is 0 Å². The maximum Gasteiger partial charge on any atom is 0.340 e. The molecule has 0 bridgehead atoms. The van der Waals surface area contributed by atoms with Crippen molar-refractivity contribution in [3.63, 3.8) is 0 Å². The van der Waals surface area contributed by atoms with Gasteiger partial charge in [0.2, 0.25) is 0 Å². The van der Waals surface area contributed by atoms with Gasteiger partial charge in [-0.3, -0.25) is 0 Å². The van der Waals surface area contributed by atoms with E-state index in [4.69, 9.17) is 4.74 Å². The minimum absolute atomic E-state index is 0.0580. The molecule has 0 saturated heterocycles. The molecular formula is C18H15F2NO2. The average Bonchev–Trinajstić information content (AvgIpc) is 2.93. The molecule has 118 valence electrons. The lowest BCUT2D eigenvalue weighted by Gasteiger charge is -2.18. The summed E-state index contributed by atoms with van der Waals surface area (Å²) in [5, 5.41) is 0.600. The normalized spacial score (nSPS) is 11.6. The summed E-state index contributed by atoms with van der Waals surface area (Å²) in [6.07, 6.45) is 1.42. The maximum absolute atomic E-state index is 14.5. The van der Waals surface area contributed by atoms with Crippen molar-refractivity contribution in [2.24, 2.45) is 0 Å². The van der Waals surface area contributed by atoms with Crippen LogP contribution in [0, 0.1) is 0 Å². The summed E-state index contributed by atoms with van der Waals surface area (Å²) >= 11 is 0. The Bertz CT molecular complexity index is 841. The highest BCUT2D eigenvalue weighted by Gasteiger charge is 2.32. The van der Waals surface area contributed by atoms with Crippen molar-refractivity contribution in [3.8, 4) is 0 Å². The van der Waals surface area contributed by atoms with Crippen LogP contribution in [-0.4, -0.2) is 17.6 Å². The molecule has 0 amide bonds. The minimum Gasteiger partial charge on any atom is -0.465 e. The Morgan fingerprint density at radius 1 is 1.09 bits per heavy atom. The summed E-state index contributed by atoms with van der Waals surface area (Å²) in [5.41, 5.74) is 0.799. The van der Waals surface area contributed by atoms with E-state index in [9.17, 15) is 13.6 Å². The Morgan fingerprint density at radius 2 is 1.74 bits per heavy atom. The van der Waals surface area contributed by atoms with E-state index in [1.165, 1.54) is 30.0 Å². The molecule has 0 unspecified atom stereocenters. The van der Waals surface area contributed by atoms with Crippen LogP contribution < -0.4 is 0 Å². The zero-order valence-corrected chi connectivity index (χ0v) is 12.5. The Morgan fingerprint density at radius 3 is 2.43 bits per heavy atom. The summed E-state index contributed by atoms with van der Waals surface area (Å²) < 4.78 is 35.2. The van der Waals surface area contributed by atoms with Gasteiger partial charge in [-0.05, 0) is 6.07 Å². The molecule has 0 spiro atoms. The fourth-order valence-electron chi connectivity index (χ4n) is 2.64. The predicted molar refractivity (Wildman–Crippen MR) is 83.6 cm³/mol. The second-order valence-corrected chi connectivity index (χ2v) is 5.25. The monoisotopic (exact) mass is 315 g/mol. The van der Waals surface area contributed by atoms with E-state index in [0.29, 0.717) is 10.9 Å². The zero-order chi connectivity index (χ0) is 16.4. The summed E-state index contributed by atoms with van der Waals surface area (Å²) in [4.78, 5) is 11.9. The molecule has 0 N–H and O–H groups in total. The molecule has 0 aliphatic heterocycles. The molecule has 23 heavy (non-hydrogen) atoms. The van der Waals surface area contributed by atoms with Gasteiger partial charge >= 0.3 is 5.97 Å². The molecule has 2 aromatic carbocycles. The number of halogens is 2. The number of nitrogens with zero attached hydrogens (tertiary/aromatic N) is 1. The van der Waals surface area contributed by atoms with E-state index in [2.05, 4.69) is 0 Å². The summed E-state index contributed by atoms with van der Waals surface area (Å²) in [6.45, 7) is -0.547. The first-order valence-electron chi connectivity index (χ1n) is 7.12. The first kappa shape index (κ1) is 15.2. The number of hydrogen-bond acceptors (Lipinski definition) is 2. The van der Waals surface area contributed by atoms with Gasteiger partial charge in [-0.15, -0.1) is 0 Å². The number of fused-ring (bicyclic) bond motifs is 1. The minimum atomic E-state index is -3.05.